The summed E-state index contributed by atoms with van der Waals surface area (Å²) in [4.78, 5) is 20.5. The molecule has 5 heteroatoms. The van der Waals surface area contributed by atoms with E-state index in [2.05, 4.69) is 46.5 Å². The van der Waals surface area contributed by atoms with Gasteiger partial charge in [0, 0.05) is 35.9 Å². The van der Waals surface area contributed by atoms with Crippen LogP contribution in [0.4, 0.5) is 5.82 Å². The Morgan fingerprint density at radius 2 is 2.29 bits per heavy atom. The smallest absolute Gasteiger partial charge is 0.246 e. The van der Waals surface area contributed by atoms with Gasteiger partial charge in [-0.1, -0.05) is 18.7 Å². The standard InChI is InChI=1S/C23H23N3OS/c1-15-4-6-17-9-16(12-24-23(17)25-15)5-7-22(27)26-13-19-10-18(11-20(19)14-26)21-3-2-8-28-21/h2-3,5,7-10,12,19-20H,1,4,6,11,13-14H2,(H,24,25)/b7-5+. The van der Waals surface area contributed by atoms with Gasteiger partial charge in [0.05, 0.1) is 0 Å². The number of amides is 1. The van der Waals surface area contributed by atoms with Gasteiger partial charge in [-0.15, -0.1) is 11.3 Å². The van der Waals surface area contributed by atoms with E-state index in [0.717, 1.165) is 49.4 Å². The number of aromatic nitrogens is 1. The Labute approximate surface area is 169 Å². The van der Waals surface area contributed by atoms with Gasteiger partial charge in [-0.3, -0.25) is 4.79 Å². The third kappa shape index (κ3) is 3.31. The Morgan fingerprint density at radius 3 is 3.11 bits per heavy atom. The number of nitrogens with zero attached hydrogens (tertiary/aromatic N) is 2. The quantitative estimate of drug-likeness (QED) is 0.781. The molecule has 2 aliphatic heterocycles. The maximum Gasteiger partial charge on any atom is 0.246 e. The van der Waals surface area contributed by atoms with Gasteiger partial charge in [0.25, 0.3) is 0 Å². The van der Waals surface area contributed by atoms with Gasteiger partial charge in [-0.25, -0.2) is 4.98 Å². The van der Waals surface area contributed by atoms with E-state index in [1.165, 1.54) is 16.0 Å². The molecule has 0 spiro atoms. The van der Waals surface area contributed by atoms with Crippen molar-refractivity contribution in [3.8, 4) is 0 Å². The second-order valence-electron chi connectivity index (χ2n) is 7.88. The third-order valence-corrected chi connectivity index (χ3v) is 6.88. The summed E-state index contributed by atoms with van der Waals surface area (Å²) in [5, 5.41) is 5.36. The molecular formula is C23H23N3OS. The summed E-state index contributed by atoms with van der Waals surface area (Å²) in [7, 11) is 0. The first-order valence-corrected chi connectivity index (χ1v) is 10.7. The zero-order valence-corrected chi connectivity index (χ0v) is 16.5. The van der Waals surface area contributed by atoms with Crippen LogP contribution in [-0.4, -0.2) is 28.9 Å². The predicted molar refractivity (Wildman–Crippen MR) is 115 cm³/mol. The molecule has 0 radical (unpaired) electrons. The first-order chi connectivity index (χ1) is 13.7. The van der Waals surface area contributed by atoms with E-state index in [1.54, 1.807) is 17.4 Å². The molecule has 4 heterocycles. The topological polar surface area (TPSA) is 45.2 Å². The maximum absolute atomic E-state index is 12.7. The van der Waals surface area contributed by atoms with Crippen LogP contribution in [0.15, 0.2) is 54.2 Å². The zero-order valence-electron chi connectivity index (χ0n) is 15.7. The number of fused-ring (bicyclic) bond motifs is 2. The first kappa shape index (κ1) is 17.4. The number of aryl methyl sites for hydroxylation is 1. The Bertz CT molecular complexity index is 989. The lowest BCUT2D eigenvalue weighted by Gasteiger charge is -2.19. The third-order valence-electron chi connectivity index (χ3n) is 5.94. The van der Waals surface area contributed by atoms with Crippen LogP contribution in [0.1, 0.15) is 28.8 Å². The highest BCUT2D eigenvalue weighted by Gasteiger charge is 2.37. The van der Waals surface area contributed by atoms with Crippen molar-refractivity contribution < 1.29 is 4.79 Å². The summed E-state index contributed by atoms with van der Waals surface area (Å²) in [6.07, 6.45) is 10.7. The Balaban J connectivity index is 1.23. The SMILES string of the molecule is C=C1CCc2cc(/C=C/C(=O)N3CC4C=C(c5cccs5)CC4C3)cnc2N1. The number of thiophene rings is 1. The van der Waals surface area contributed by atoms with Crippen LogP contribution in [-0.2, 0) is 11.2 Å². The number of carbonyl (C=O) groups is 1. The number of nitrogens with one attached hydrogen (secondary N) is 1. The summed E-state index contributed by atoms with van der Waals surface area (Å²) in [5.74, 6) is 2.06. The van der Waals surface area contributed by atoms with E-state index in [4.69, 9.17) is 0 Å². The molecule has 0 aromatic carbocycles. The van der Waals surface area contributed by atoms with E-state index >= 15 is 0 Å². The summed E-state index contributed by atoms with van der Waals surface area (Å²) in [5.41, 5.74) is 4.63. The average Bonchev–Trinajstić information content (AvgIpc) is 3.41. The highest BCUT2D eigenvalue weighted by molar-refractivity contribution is 7.11. The number of hydrogen-bond acceptors (Lipinski definition) is 4. The molecule has 1 fully saturated rings. The van der Waals surface area contributed by atoms with Crippen molar-refractivity contribution >= 4 is 34.7 Å². The number of allylic oxidation sites excluding steroid dienone is 2. The van der Waals surface area contributed by atoms with Crippen molar-refractivity contribution in [2.75, 3.05) is 18.4 Å². The molecule has 142 valence electrons. The molecule has 2 atom stereocenters. The van der Waals surface area contributed by atoms with Crippen LogP contribution in [0.2, 0.25) is 0 Å². The predicted octanol–water partition coefficient (Wildman–Crippen LogP) is 4.59. The molecule has 4 nitrogen and oxygen atoms in total. The van der Waals surface area contributed by atoms with Gasteiger partial charge in [0.1, 0.15) is 5.82 Å². The van der Waals surface area contributed by atoms with E-state index < -0.39 is 0 Å². The molecule has 1 saturated heterocycles. The van der Waals surface area contributed by atoms with Gasteiger partial charge >= 0.3 is 0 Å². The molecule has 28 heavy (non-hydrogen) atoms. The van der Waals surface area contributed by atoms with Crippen LogP contribution >= 0.6 is 11.3 Å². The molecule has 3 aliphatic rings. The number of anilines is 1. The van der Waals surface area contributed by atoms with Crippen LogP contribution in [0, 0.1) is 11.8 Å². The van der Waals surface area contributed by atoms with E-state index in [1.807, 2.05) is 17.2 Å². The molecule has 2 aromatic heterocycles. The van der Waals surface area contributed by atoms with Crippen molar-refractivity contribution in [3.05, 3.63) is 70.2 Å². The van der Waals surface area contributed by atoms with E-state index in [0.29, 0.717) is 11.8 Å². The number of carbonyl (C=O) groups excluding carboxylic acids is 1. The van der Waals surface area contributed by atoms with Gasteiger partial charge in [0.2, 0.25) is 5.91 Å². The summed E-state index contributed by atoms with van der Waals surface area (Å²) < 4.78 is 0. The zero-order chi connectivity index (χ0) is 19.1. The van der Waals surface area contributed by atoms with Crippen molar-refractivity contribution in [3.63, 3.8) is 0 Å². The van der Waals surface area contributed by atoms with Crippen LogP contribution in [0.5, 0.6) is 0 Å². The van der Waals surface area contributed by atoms with Gasteiger partial charge in [-0.2, -0.15) is 0 Å². The lowest BCUT2D eigenvalue weighted by atomic mass is 10.00. The van der Waals surface area contributed by atoms with Crippen LogP contribution in [0.3, 0.4) is 0 Å². The maximum atomic E-state index is 12.7. The molecule has 2 unspecified atom stereocenters. The van der Waals surface area contributed by atoms with Crippen molar-refractivity contribution in [1.82, 2.24) is 9.88 Å². The van der Waals surface area contributed by atoms with Crippen molar-refractivity contribution in [1.29, 1.82) is 0 Å². The molecule has 1 N–H and O–H groups in total. The molecule has 2 aromatic rings. The molecule has 0 saturated carbocycles. The minimum Gasteiger partial charge on any atom is -0.344 e. The van der Waals surface area contributed by atoms with E-state index in [-0.39, 0.29) is 5.91 Å². The summed E-state index contributed by atoms with van der Waals surface area (Å²) >= 11 is 1.81. The summed E-state index contributed by atoms with van der Waals surface area (Å²) in [6.45, 7) is 5.65. The van der Waals surface area contributed by atoms with E-state index in [9.17, 15) is 4.79 Å². The number of likely N-dealkylation sites (tertiary alicyclic amines) is 1. The Kier molecular flexibility index (Phi) is 4.40. The van der Waals surface area contributed by atoms with Crippen LogP contribution < -0.4 is 5.32 Å². The molecule has 0 bridgehead atoms. The van der Waals surface area contributed by atoms with Crippen molar-refractivity contribution in [2.45, 2.75) is 19.3 Å². The highest BCUT2D eigenvalue weighted by atomic mass is 32.1. The fourth-order valence-corrected chi connectivity index (χ4v) is 5.21. The Morgan fingerprint density at radius 1 is 1.36 bits per heavy atom. The molecule has 1 amide bonds. The molecule has 5 rings (SSSR count). The monoisotopic (exact) mass is 389 g/mol. The fraction of sp³-hybridized carbons (Fsp3) is 0.304. The van der Waals surface area contributed by atoms with Gasteiger partial charge < -0.3 is 10.2 Å². The average molecular weight is 390 g/mol. The van der Waals surface area contributed by atoms with Gasteiger partial charge in [-0.05, 0) is 71.4 Å². The normalized spacial score (nSPS) is 23.5. The fourth-order valence-electron chi connectivity index (χ4n) is 4.45. The molecular weight excluding hydrogens is 366 g/mol. The van der Waals surface area contributed by atoms with Gasteiger partial charge in [0.15, 0.2) is 0 Å². The number of pyridine rings is 1. The minimum absolute atomic E-state index is 0.102. The minimum atomic E-state index is 0.102. The van der Waals surface area contributed by atoms with Crippen molar-refractivity contribution in [2.24, 2.45) is 11.8 Å². The Hall–Kier alpha value is -2.66. The van der Waals surface area contributed by atoms with Crippen LogP contribution in [0.25, 0.3) is 11.6 Å². The lowest BCUT2D eigenvalue weighted by molar-refractivity contribution is -0.125. The first-order valence-electron chi connectivity index (χ1n) is 9.81. The second kappa shape index (κ2) is 7.06. The highest BCUT2D eigenvalue weighted by Crippen LogP contribution is 2.42. The second-order valence-corrected chi connectivity index (χ2v) is 8.83. The molecule has 1 aliphatic carbocycles. The summed E-state index contributed by atoms with van der Waals surface area (Å²) in [6, 6.07) is 6.42. The number of rotatable bonds is 3. The largest absolute Gasteiger partial charge is 0.344 e. The lowest BCUT2D eigenvalue weighted by Crippen LogP contribution is -2.27. The number of hydrogen-bond donors (Lipinski definition) is 1.